The van der Waals surface area contributed by atoms with Crippen molar-refractivity contribution in [3.8, 4) is 33.0 Å². The van der Waals surface area contributed by atoms with E-state index in [2.05, 4.69) is 33.7 Å². The number of hydrogen-bond acceptors (Lipinski definition) is 6. The van der Waals surface area contributed by atoms with E-state index in [1.54, 1.807) is 13.0 Å². The molecule has 0 saturated heterocycles. The average molecular weight is 433 g/mol. The molecular formula is C24H24N4O2S. The molecule has 31 heavy (non-hydrogen) atoms. The molecule has 0 aliphatic heterocycles. The maximum Gasteiger partial charge on any atom is 0.216 e. The summed E-state index contributed by atoms with van der Waals surface area (Å²) in [5.41, 5.74) is 5.02. The molecule has 1 amide bonds. The van der Waals surface area contributed by atoms with Crippen LogP contribution in [0.5, 0.6) is 5.75 Å². The Hall–Kier alpha value is -3.24. The van der Waals surface area contributed by atoms with Crippen LogP contribution in [0.1, 0.15) is 49.8 Å². The first kappa shape index (κ1) is 21.0. The van der Waals surface area contributed by atoms with E-state index in [0.29, 0.717) is 23.8 Å². The summed E-state index contributed by atoms with van der Waals surface area (Å²) in [6.45, 7) is 6.08. The third kappa shape index (κ3) is 4.44. The zero-order valence-electron chi connectivity index (χ0n) is 17.8. The Bertz CT molecular complexity index is 1160. The van der Waals surface area contributed by atoms with Crippen molar-refractivity contribution in [1.29, 1.82) is 5.26 Å². The zero-order chi connectivity index (χ0) is 22.0. The van der Waals surface area contributed by atoms with Crippen LogP contribution in [-0.2, 0) is 11.2 Å². The Morgan fingerprint density at radius 3 is 2.84 bits per heavy atom. The van der Waals surface area contributed by atoms with Gasteiger partial charge in [-0.15, -0.1) is 10.2 Å². The first-order valence-corrected chi connectivity index (χ1v) is 11.2. The Morgan fingerprint density at radius 1 is 1.29 bits per heavy atom. The van der Waals surface area contributed by atoms with Crippen molar-refractivity contribution in [2.24, 2.45) is 0 Å². The lowest BCUT2D eigenvalue weighted by molar-refractivity contribution is -0.119. The van der Waals surface area contributed by atoms with E-state index in [1.165, 1.54) is 22.5 Å². The van der Waals surface area contributed by atoms with Crippen LogP contribution in [0.15, 0.2) is 36.4 Å². The summed E-state index contributed by atoms with van der Waals surface area (Å²) in [5, 5.41) is 22.9. The molecule has 1 N–H and O–H groups in total. The molecule has 0 saturated carbocycles. The minimum absolute atomic E-state index is 0.0000732. The van der Waals surface area contributed by atoms with E-state index in [9.17, 15) is 10.1 Å². The second-order valence-electron chi connectivity index (χ2n) is 7.95. The number of ether oxygens (including phenoxy) is 1. The number of fused-ring (bicyclic) bond motifs is 1. The van der Waals surface area contributed by atoms with Gasteiger partial charge in [-0.3, -0.25) is 4.79 Å². The monoisotopic (exact) mass is 432 g/mol. The van der Waals surface area contributed by atoms with Crippen molar-refractivity contribution in [3.63, 3.8) is 0 Å². The minimum Gasteiger partial charge on any atom is -0.490 e. The molecule has 4 rings (SSSR count). The van der Waals surface area contributed by atoms with Gasteiger partial charge in [0, 0.05) is 30.5 Å². The molecular weight excluding hydrogens is 408 g/mol. The normalized spacial score (nSPS) is 14.9. The van der Waals surface area contributed by atoms with Crippen molar-refractivity contribution in [2.75, 3.05) is 6.54 Å². The van der Waals surface area contributed by atoms with Gasteiger partial charge in [0.05, 0.1) is 11.7 Å². The number of nitriles is 1. The highest BCUT2D eigenvalue weighted by Crippen LogP contribution is 2.40. The second-order valence-corrected chi connectivity index (χ2v) is 8.93. The number of carbonyl (C=O) groups excluding carboxylic acids is 1. The van der Waals surface area contributed by atoms with Crippen LogP contribution in [0.2, 0.25) is 0 Å². The highest BCUT2D eigenvalue weighted by Gasteiger charge is 2.26. The smallest absolute Gasteiger partial charge is 0.216 e. The lowest BCUT2D eigenvalue weighted by Crippen LogP contribution is -2.24. The first-order valence-electron chi connectivity index (χ1n) is 10.4. The summed E-state index contributed by atoms with van der Waals surface area (Å²) in [5.74, 6) is 0.912. The fraction of sp³-hybridized carbons (Fsp3) is 0.333. The van der Waals surface area contributed by atoms with Crippen LogP contribution in [0.25, 0.3) is 21.1 Å². The molecule has 7 heteroatoms. The molecule has 0 spiro atoms. The maximum atomic E-state index is 11.3. The Morgan fingerprint density at radius 2 is 2.10 bits per heavy atom. The van der Waals surface area contributed by atoms with Gasteiger partial charge in [0.2, 0.25) is 5.91 Å². The summed E-state index contributed by atoms with van der Waals surface area (Å²) < 4.78 is 5.72. The van der Waals surface area contributed by atoms with Crippen molar-refractivity contribution in [1.82, 2.24) is 15.5 Å². The van der Waals surface area contributed by atoms with Crippen molar-refractivity contribution in [2.45, 2.75) is 45.6 Å². The molecule has 0 bridgehead atoms. The fourth-order valence-corrected chi connectivity index (χ4v) is 4.87. The second kappa shape index (κ2) is 8.86. The average Bonchev–Trinajstić information content (AvgIpc) is 3.39. The first-order chi connectivity index (χ1) is 15.0. The molecule has 0 radical (unpaired) electrons. The van der Waals surface area contributed by atoms with E-state index in [1.807, 2.05) is 32.0 Å². The van der Waals surface area contributed by atoms with Crippen molar-refractivity contribution >= 4 is 17.2 Å². The summed E-state index contributed by atoms with van der Waals surface area (Å²) in [6, 6.07) is 14.0. The number of aromatic nitrogens is 2. The van der Waals surface area contributed by atoms with Gasteiger partial charge in [-0.1, -0.05) is 29.5 Å². The number of hydrogen-bond donors (Lipinski definition) is 1. The summed E-state index contributed by atoms with van der Waals surface area (Å²) in [7, 11) is 0. The van der Waals surface area contributed by atoms with E-state index >= 15 is 0 Å². The fourth-order valence-electron chi connectivity index (χ4n) is 3.98. The molecule has 1 aliphatic carbocycles. The van der Waals surface area contributed by atoms with Gasteiger partial charge in [0.15, 0.2) is 0 Å². The van der Waals surface area contributed by atoms with Gasteiger partial charge in [-0.25, -0.2) is 0 Å². The van der Waals surface area contributed by atoms with Crippen LogP contribution in [0.3, 0.4) is 0 Å². The molecule has 1 aliphatic rings. The van der Waals surface area contributed by atoms with E-state index in [0.717, 1.165) is 34.0 Å². The summed E-state index contributed by atoms with van der Waals surface area (Å²) in [4.78, 5) is 11.3. The number of amides is 1. The van der Waals surface area contributed by atoms with Crippen LogP contribution in [0, 0.1) is 11.3 Å². The number of nitrogens with zero attached hydrogens (tertiary/aromatic N) is 3. The predicted octanol–water partition coefficient (Wildman–Crippen LogP) is 4.70. The lowest BCUT2D eigenvalue weighted by Gasteiger charge is -2.12. The highest BCUT2D eigenvalue weighted by molar-refractivity contribution is 7.17. The largest absolute Gasteiger partial charge is 0.490 e. The lowest BCUT2D eigenvalue weighted by atomic mass is 9.98. The molecule has 2 aromatic carbocycles. The van der Waals surface area contributed by atoms with Crippen LogP contribution in [-0.4, -0.2) is 28.8 Å². The Kier molecular flexibility index (Phi) is 6.01. The topological polar surface area (TPSA) is 87.9 Å². The quantitative estimate of drug-likeness (QED) is 0.610. The molecule has 1 aromatic heterocycles. The molecule has 1 atom stereocenters. The van der Waals surface area contributed by atoms with Gasteiger partial charge in [0.25, 0.3) is 0 Å². The number of benzene rings is 2. The van der Waals surface area contributed by atoms with Gasteiger partial charge >= 0.3 is 0 Å². The molecule has 6 nitrogen and oxygen atoms in total. The number of rotatable bonds is 6. The molecule has 1 unspecified atom stereocenters. The summed E-state index contributed by atoms with van der Waals surface area (Å²) >= 11 is 1.52. The SMILES string of the molecule is CC(=O)NCC1CCc2c(-c3nnc(-c4ccc(OC(C)C)c(C#N)c4)s3)cccc21. The molecule has 158 valence electrons. The number of nitrogens with one attached hydrogen (secondary N) is 1. The van der Waals surface area contributed by atoms with Crippen LogP contribution < -0.4 is 10.1 Å². The third-order valence-electron chi connectivity index (χ3n) is 5.36. The minimum atomic E-state index is -0.0000732. The predicted molar refractivity (Wildman–Crippen MR) is 121 cm³/mol. The molecule has 1 heterocycles. The summed E-state index contributed by atoms with van der Waals surface area (Å²) in [6.07, 6.45) is 1.98. The van der Waals surface area contributed by atoms with E-state index < -0.39 is 0 Å². The van der Waals surface area contributed by atoms with Crippen molar-refractivity contribution in [3.05, 3.63) is 53.1 Å². The zero-order valence-corrected chi connectivity index (χ0v) is 18.6. The van der Waals surface area contributed by atoms with Crippen LogP contribution in [0.4, 0.5) is 0 Å². The van der Waals surface area contributed by atoms with E-state index in [4.69, 9.17) is 4.74 Å². The van der Waals surface area contributed by atoms with Crippen LogP contribution >= 0.6 is 11.3 Å². The Balaban J connectivity index is 1.62. The standard InChI is InChI=1S/C24H24N4O2S/c1-14(2)30-22-10-8-16(11-18(22)12-25)23-27-28-24(31-23)21-6-4-5-19-17(7-9-20(19)21)13-26-15(3)29/h4-6,8,10-11,14,17H,7,9,13H2,1-3H3,(H,26,29). The van der Waals surface area contributed by atoms with E-state index in [-0.39, 0.29) is 12.0 Å². The van der Waals surface area contributed by atoms with Gasteiger partial charge in [-0.2, -0.15) is 5.26 Å². The third-order valence-corrected chi connectivity index (χ3v) is 6.36. The molecule has 0 fully saturated rings. The van der Waals surface area contributed by atoms with Crippen molar-refractivity contribution < 1.29 is 9.53 Å². The van der Waals surface area contributed by atoms with Gasteiger partial charge < -0.3 is 10.1 Å². The highest BCUT2D eigenvalue weighted by atomic mass is 32.1. The maximum absolute atomic E-state index is 11.3. The Labute approximate surface area is 185 Å². The van der Waals surface area contributed by atoms with Gasteiger partial charge in [0.1, 0.15) is 21.8 Å². The van der Waals surface area contributed by atoms with Gasteiger partial charge in [-0.05, 0) is 56.0 Å². The molecule has 3 aromatic rings. The number of carbonyl (C=O) groups is 1.